The van der Waals surface area contributed by atoms with Crippen molar-refractivity contribution in [3.8, 4) is 5.69 Å². The van der Waals surface area contributed by atoms with E-state index in [-0.39, 0.29) is 17.5 Å². The molecule has 0 saturated carbocycles. The van der Waals surface area contributed by atoms with Gasteiger partial charge in [0, 0.05) is 37.2 Å². The molecule has 1 fully saturated rings. The van der Waals surface area contributed by atoms with E-state index in [4.69, 9.17) is 4.74 Å². The van der Waals surface area contributed by atoms with Gasteiger partial charge in [-0.25, -0.2) is 14.5 Å². The molecule has 9 nitrogen and oxygen atoms in total. The number of carbonyl (C=O) groups excluding carboxylic acids is 2. The largest absolute Gasteiger partial charge is 0.461 e. The fourth-order valence-corrected chi connectivity index (χ4v) is 3.85. The molecule has 1 N–H and O–H groups in total. The van der Waals surface area contributed by atoms with E-state index < -0.39 is 5.97 Å². The summed E-state index contributed by atoms with van der Waals surface area (Å²) in [6, 6.07) is 9.03. The smallest absolute Gasteiger partial charge is 0.358 e. The molecule has 1 aromatic carbocycles. The van der Waals surface area contributed by atoms with Crippen molar-refractivity contribution in [2.24, 2.45) is 13.0 Å². The van der Waals surface area contributed by atoms with Gasteiger partial charge in [-0.2, -0.15) is 5.10 Å². The number of rotatable bonds is 7. The molecule has 32 heavy (non-hydrogen) atoms. The first kappa shape index (κ1) is 21.8. The summed E-state index contributed by atoms with van der Waals surface area (Å²) in [6.07, 6.45) is 7.09. The lowest BCUT2D eigenvalue weighted by atomic mass is 9.96. The highest BCUT2D eigenvalue weighted by molar-refractivity contribution is 5.93. The van der Waals surface area contributed by atoms with Crippen LogP contribution in [0.4, 0.5) is 5.69 Å². The normalized spacial score (nSPS) is 14.9. The van der Waals surface area contributed by atoms with E-state index in [0.29, 0.717) is 12.3 Å². The highest BCUT2D eigenvalue weighted by Crippen LogP contribution is 2.22. The number of esters is 1. The number of aromatic nitrogens is 4. The number of carbonyl (C=O) groups is 2. The third-order valence-electron chi connectivity index (χ3n) is 5.70. The molecular formula is C23H28N6O3. The Morgan fingerprint density at radius 1 is 1.19 bits per heavy atom. The summed E-state index contributed by atoms with van der Waals surface area (Å²) in [5, 5.41) is 7.31. The molecule has 0 unspecified atom stereocenters. The van der Waals surface area contributed by atoms with Crippen LogP contribution in [0.15, 0.2) is 48.9 Å². The summed E-state index contributed by atoms with van der Waals surface area (Å²) in [4.78, 5) is 31.4. The van der Waals surface area contributed by atoms with E-state index in [1.807, 2.05) is 48.3 Å². The van der Waals surface area contributed by atoms with Crippen LogP contribution >= 0.6 is 0 Å². The molecule has 3 heterocycles. The van der Waals surface area contributed by atoms with Crippen LogP contribution in [-0.2, 0) is 23.1 Å². The minimum absolute atomic E-state index is 0.0172. The zero-order chi connectivity index (χ0) is 22.5. The summed E-state index contributed by atoms with van der Waals surface area (Å²) < 4.78 is 8.61. The van der Waals surface area contributed by atoms with Gasteiger partial charge < -0.3 is 14.6 Å². The first-order valence-corrected chi connectivity index (χ1v) is 10.9. The first-order valence-electron chi connectivity index (χ1n) is 10.9. The van der Waals surface area contributed by atoms with Crippen LogP contribution in [0.25, 0.3) is 5.69 Å². The minimum atomic E-state index is -0.454. The molecule has 4 rings (SSSR count). The molecule has 1 aliphatic heterocycles. The molecule has 0 aliphatic carbocycles. The van der Waals surface area contributed by atoms with E-state index in [0.717, 1.165) is 44.0 Å². The molecule has 0 atom stereocenters. The third-order valence-corrected chi connectivity index (χ3v) is 5.70. The van der Waals surface area contributed by atoms with Gasteiger partial charge in [0.25, 0.3) is 0 Å². The Morgan fingerprint density at radius 3 is 2.72 bits per heavy atom. The van der Waals surface area contributed by atoms with Crippen LogP contribution in [0.5, 0.6) is 0 Å². The van der Waals surface area contributed by atoms with Crippen molar-refractivity contribution in [3.63, 3.8) is 0 Å². The number of aryl methyl sites for hydroxylation is 1. The second-order valence-electron chi connectivity index (χ2n) is 7.91. The standard InChI is InChI=1S/C23H28N6O3/c1-3-32-23(31)20-9-13-29(26-20)19-6-4-5-18(15-19)25-22(30)17-7-11-28(12-8-17)16-21-24-10-14-27(21)2/h4-6,9-10,13-15,17H,3,7-8,11-12,16H2,1-2H3,(H,25,30). The van der Waals surface area contributed by atoms with Crippen molar-refractivity contribution in [1.29, 1.82) is 0 Å². The van der Waals surface area contributed by atoms with Crippen molar-refractivity contribution in [2.45, 2.75) is 26.3 Å². The highest BCUT2D eigenvalue weighted by Gasteiger charge is 2.25. The molecule has 2 aromatic heterocycles. The molecule has 0 spiro atoms. The van der Waals surface area contributed by atoms with E-state index in [1.54, 1.807) is 23.9 Å². The number of piperidine rings is 1. The van der Waals surface area contributed by atoms with Gasteiger partial charge in [-0.1, -0.05) is 6.07 Å². The minimum Gasteiger partial charge on any atom is -0.461 e. The van der Waals surface area contributed by atoms with Gasteiger partial charge in [-0.3, -0.25) is 9.69 Å². The molecule has 1 saturated heterocycles. The summed E-state index contributed by atoms with van der Waals surface area (Å²) in [7, 11) is 2.00. The van der Waals surface area contributed by atoms with Crippen LogP contribution in [0.3, 0.4) is 0 Å². The van der Waals surface area contributed by atoms with Crippen molar-refractivity contribution in [2.75, 3.05) is 25.0 Å². The fraction of sp³-hybridized carbons (Fsp3) is 0.391. The quantitative estimate of drug-likeness (QED) is 0.572. The predicted octanol–water partition coefficient (Wildman–Crippen LogP) is 2.63. The van der Waals surface area contributed by atoms with Gasteiger partial charge in [0.05, 0.1) is 18.8 Å². The van der Waals surface area contributed by atoms with Gasteiger partial charge in [0.2, 0.25) is 5.91 Å². The molecule has 1 aliphatic rings. The number of hydrogen-bond acceptors (Lipinski definition) is 6. The number of imidazole rings is 1. The number of ether oxygens (including phenoxy) is 1. The van der Waals surface area contributed by atoms with E-state index in [1.165, 1.54) is 0 Å². The Hall–Kier alpha value is -3.46. The molecule has 0 bridgehead atoms. The van der Waals surface area contributed by atoms with Crippen LogP contribution in [0.1, 0.15) is 36.1 Å². The summed E-state index contributed by atoms with van der Waals surface area (Å²) in [5.74, 6) is 0.599. The van der Waals surface area contributed by atoms with E-state index in [2.05, 4.69) is 20.3 Å². The number of nitrogens with one attached hydrogen (secondary N) is 1. The van der Waals surface area contributed by atoms with Gasteiger partial charge in [0.1, 0.15) is 5.82 Å². The van der Waals surface area contributed by atoms with Crippen LogP contribution < -0.4 is 5.32 Å². The van der Waals surface area contributed by atoms with Crippen molar-refractivity contribution in [1.82, 2.24) is 24.2 Å². The lowest BCUT2D eigenvalue weighted by Gasteiger charge is -2.31. The number of nitrogens with zero attached hydrogens (tertiary/aromatic N) is 5. The maximum absolute atomic E-state index is 12.8. The average molecular weight is 437 g/mol. The summed E-state index contributed by atoms with van der Waals surface area (Å²) in [6.45, 7) is 4.60. The lowest BCUT2D eigenvalue weighted by Crippen LogP contribution is -2.38. The van der Waals surface area contributed by atoms with E-state index in [9.17, 15) is 9.59 Å². The number of likely N-dealkylation sites (tertiary alicyclic amines) is 1. The first-order chi connectivity index (χ1) is 15.5. The number of amides is 1. The highest BCUT2D eigenvalue weighted by atomic mass is 16.5. The van der Waals surface area contributed by atoms with Crippen molar-refractivity contribution in [3.05, 3.63) is 60.4 Å². The molecule has 3 aromatic rings. The zero-order valence-corrected chi connectivity index (χ0v) is 18.4. The second-order valence-corrected chi connectivity index (χ2v) is 7.91. The van der Waals surface area contributed by atoms with Crippen molar-refractivity contribution >= 4 is 17.6 Å². The summed E-state index contributed by atoms with van der Waals surface area (Å²) in [5.41, 5.74) is 1.71. The Kier molecular flexibility index (Phi) is 6.65. The second kappa shape index (κ2) is 9.78. The molecule has 0 radical (unpaired) electrons. The maximum Gasteiger partial charge on any atom is 0.358 e. The fourth-order valence-electron chi connectivity index (χ4n) is 3.85. The molecule has 9 heteroatoms. The zero-order valence-electron chi connectivity index (χ0n) is 18.4. The Morgan fingerprint density at radius 2 is 2.00 bits per heavy atom. The van der Waals surface area contributed by atoms with Crippen LogP contribution in [0.2, 0.25) is 0 Å². The third kappa shape index (κ3) is 5.05. The van der Waals surface area contributed by atoms with Crippen LogP contribution in [-0.4, -0.2) is 55.8 Å². The van der Waals surface area contributed by atoms with Gasteiger partial charge >= 0.3 is 5.97 Å². The topological polar surface area (TPSA) is 94.3 Å². The van der Waals surface area contributed by atoms with Gasteiger partial charge in [0.15, 0.2) is 5.69 Å². The Balaban J connectivity index is 1.33. The average Bonchev–Trinajstić information content (AvgIpc) is 3.44. The van der Waals surface area contributed by atoms with Crippen LogP contribution in [0, 0.1) is 5.92 Å². The monoisotopic (exact) mass is 436 g/mol. The molecule has 168 valence electrons. The predicted molar refractivity (Wildman–Crippen MR) is 119 cm³/mol. The van der Waals surface area contributed by atoms with Gasteiger partial charge in [-0.05, 0) is 57.1 Å². The van der Waals surface area contributed by atoms with E-state index >= 15 is 0 Å². The summed E-state index contributed by atoms with van der Waals surface area (Å²) >= 11 is 0. The molecular weight excluding hydrogens is 408 g/mol. The Labute approximate surface area is 187 Å². The van der Waals surface area contributed by atoms with Crippen molar-refractivity contribution < 1.29 is 14.3 Å². The number of anilines is 1. The number of benzene rings is 1. The Bertz CT molecular complexity index is 1080. The SMILES string of the molecule is CCOC(=O)c1ccn(-c2cccc(NC(=O)C3CCN(Cc4nccn4C)CC3)c2)n1. The molecule has 1 amide bonds. The number of hydrogen-bond donors (Lipinski definition) is 1. The van der Waals surface area contributed by atoms with Gasteiger partial charge in [-0.15, -0.1) is 0 Å². The lowest BCUT2D eigenvalue weighted by molar-refractivity contribution is -0.121. The maximum atomic E-state index is 12.8.